The lowest BCUT2D eigenvalue weighted by Gasteiger charge is -2.20. The van der Waals surface area contributed by atoms with Crippen molar-refractivity contribution in [2.45, 2.75) is 33.1 Å². The third kappa shape index (κ3) is 4.36. The molecule has 144 valence electrons. The molecule has 3 aromatic carbocycles. The largest absolute Gasteiger partial charge is 0.496 e. The minimum absolute atomic E-state index is 0.195. The number of methoxy groups -OCH3 is 1. The van der Waals surface area contributed by atoms with E-state index in [9.17, 15) is 4.79 Å². The lowest BCUT2D eigenvalue weighted by Crippen LogP contribution is -2.17. The second-order valence-corrected chi connectivity index (χ2v) is 8.16. The fourth-order valence-corrected chi connectivity index (χ4v) is 4.14. The molecule has 0 aromatic heterocycles. The third-order valence-electron chi connectivity index (χ3n) is 5.13. The molecule has 0 amide bonds. The molecule has 0 saturated heterocycles. The standard InChI is InChI=1S/C25H25BrO2/c1-16-7-5-6-8-22(16)24(20-9-11-21(26)12-10-20)23(27)15-19-13-17(2)25(28-4)18(3)14-19/h5-14,24H,15H2,1-4H3. The van der Waals surface area contributed by atoms with Crippen molar-refractivity contribution < 1.29 is 9.53 Å². The Hall–Kier alpha value is -2.39. The Morgan fingerprint density at radius 3 is 2.11 bits per heavy atom. The Morgan fingerprint density at radius 2 is 1.54 bits per heavy atom. The number of ether oxygens (including phenoxy) is 1. The van der Waals surface area contributed by atoms with Gasteiger partial charge in [-0.2, -0.15) is 0 Å². The molecule has 3 heteroatoms. The molecule has 0 bridgehead atoms. The Balaban J connectivity index is 2.00. The summed E-state index contributed by atoms with van der Waals surface area (Å²) in [7, 11) is 1.68. The number of rotatable bonds is 6. The molecule has 0 aliphatic carbocycles. The SMILES string of the molecule is COc1c(C)cc(CC(=O)C(c2ccc(Br)cc2)c2ccccc2C)cc1C. The van der Waals surface area contributed by atoms with Crippen LogP contribution in [0, 0.1) is 20.8 Å². The van der Waals surface area contributed by atoms with E-state index in [2.05, 4.69) is 47.1 Å². The second kappa shape index (κ2) is 8.74. The van der Waals surface area contributed by atoms with Crippen LogP contribution in [0.25, 0.3) is 0 Å². The van der Waals surface area contributed by atoms with Crippen LogP contribution in [-0.4, -0.2) is 12.9 Å². The van der Waals surface area contributed by atoms with Gasteiger partial charge in [0.25, 0.3) is 0 Å². The smallest absolute Gasteiger partial charge is 0.149 e. The molecule has 0 radical (unpaired) electrons. The summed E-state index contributed by atoms with van der Waals surface area (Å²) in [6.07, 6.45) is 0.390. The predicted octanol–water partition coefficient (Wildman–Crippen LogP) is 6.33. The predicted molar refractivity (Wildman–Crippen MR) is 118 cm³/mol. The highest BCUT2D eigenvalue weighted by Gasteiger charge is 2.24. The second-order valence-electron chi connectivity index (χ2n) is 7.25. The molecule has 0 spiro atoms. The number of ketones is 1. The summed E-state index contributed by atoms with van der Waals surface area (Å²) in [5.41, 5.74) is 6.35. The highest BCUT2D eigenvalue weighted by Crippen LogP contribution is 2.31. The van der Waals surface area contributed by atoms with E-state index in [1.54, 1.807) is 7.11 Å². The van der Waals surface area contributed by atoms with Gasteiger partial charge in [0.1, 0.15) is 11.5 Å². The monoisotopic (exact) mass is 436 g/mol. The lowest BCUT2D eigenvalue weighted by atomic mass is 9.83. The Labute approximate surface area is 175 Å². The maximum atomic E-state index is 13.5. The molecule has 0 N–H and O–H groups in total. The van der Waals surface area contributed by atoms with Crippen molar-refractivity contribution in [3.63, 3.8) is 0 Å². The fraction of sp³-hybridized carbons (Fsp3) is 0.240. The maximum Gasteiger partial charge on any atom is 0.149 e. The van der Waals surface area contributed by atoms with Gasteiger partial charge in [0.2, 0.25) is 0 Å². The molecule has 3 rings (SSSR count). The molecule has 28 heavy (non-hydrogen) atoms. The van der Waals surface area contributed by atoms with E-state index in [1.165, 1.54) is 0 Å². The van der Waals surface area contributed by atoms with E-state index < -0.39 is 0 Å². The molecular weight excluding hydrogens is 412 g/mol. The van der Waals surface area contributed by atoms with Crippen LogP contribution >= 0.6 is 15.9 Å². The third-order valence-corrected chi connectivity index (χ3v) is 5.66. The number of carbonyl (C=O) groups excluding carboxylic acids is 1. The highest BCUT2D eigenvalue weighted by molar-refractivity contribution is 9.10. The zero-order valence-corrected chi connectivity index (χ0v) is 18.3. The number of hydrogen-bond acceptors (Lipinski definition) is 2. The average Bonchev–Trinajstić information content (AvgIpc) is 2.65. The molecule has 0 heterocycles. The average molecular weight is 437 g/mol. The van der Waals surface area contributed by atoms with Gasteiger partial charge in [-0.25, -0.2) is 0 Å². The van der Waals surface area contributed by atoms with Crippen LogP contribution in [0.2, 0.25) is 0 Å². The fourth-order valence-electron chi connectivity index (χ4n) is 3.87. The van der Waals surface area contributed by atoms with Gasteiger partial charge in [-0.1, -0.05) is 64.5 Å². The van der Waals surface area contributed by atoms with Gasteiger partial charge in [-0.3, -0.25) is 4.79 Å². The van der Waals surface area contributed by atoms with Crippen molar-refractivity contribution in [2.24, 2.45) is 0 Å². The van der Waals surface area contributed by atoms with E-state index in [0.29, 0.717) is 6.42 Å². The minimum Gasteiger partial charge on any atom is -0.496 e. The van der Waals surface area contributed by atoms with Crippen molar-refractivity contribution in [1.29, 1.82) is 0 Å². The van der Waals surface area contributed by atoms with Crippen LogP contribution in [0.3, 0.4) is 0 Å². The van der Waals surface area contributed by atoms with Gasteiger partial charge in [0.15, 0.2) is 0 Å². The van der Waals surface area contributed by atoms with Crippen LogP contribution in [0.4, 0.5) is 0 Å². The minimum atomic E-state index is -0.281. The van der Waals surface area contributed by atoms with E-state index in [1.807, 2.05) is 50.2 Å². The number of aryl methyl sites for hydroxylation is 3. The van der Waals surface area contributed by atoms with E-state index >= 15 is 0 Å². The normalized spacial score (nSPS) is 11.9. The number of halogens is 1. The molecule has 1 unspecified atom stereocenters. The van der Waals surface area contributed by atoms with Crippen molar-refractivity contribution in [2.75, 3.05) is 7.11 Å². The van der Waals surface area contributed by atoms with Crippen molar-refractivity contribution in [3.8, 4) is 5.75 Å². The van der Waals surface area contributed by atoms with E-state index in [0.717, 1.165) is 43.6 Å². The molecule has 2 nitrogen and oxygen atoms in total. The van der Waals surface area contributed by atoms with Crippen LogP contribution in [0.5, 0.6) is 5.75 Å². The van der Waals surface area contributed by atoms with Crippen LogP contribution in [0.15, 0.2) is 65.1 Å². The van der Waals surface area contributed by atoms with Gasteiger partial charge in [0.05, 0.1) is 13.0 Å². The van der Waals surface area contributed by atoms with Gasteiger partial charge in [0, 0.05) is 10.9 Å². The summed E-state index contributed by atoms with van der Waals surface area (Å²) in [6.45, 7) is 6.11. The Kier molecular flexibility index (Phi) is 6.35. The number of hydrogen-bond donors (Lipinski definition) is 0. The van der Waals surface area contributed by atoms with Crippen LogP contribution in [-0.2, 0) is 11.2 Å². The zero-order valence-electron chi connectivity index (χ0n) is 16.8. The highest BCUT2D eigenvalue weighted by atomic mass is 79.9. The zero-order chi connectivity index (χ0) is 20.3. The van der Waals surface area contributed by atoms with Gasteiger partial charge >= 0.3 is 0 Å². The van der Waals surface area contributed by atoms with Crippen molar-refractivity contribution >= 4 is 21.7 Å². The van der Waals surface area contributed by atoms with Crippen molar-refractivity contribution in [1.82, 2.24) is 0 Å². The summed E-state index contributed by atoms with van der Waals surface area (Å²) >= 11 is 3.49. The molecule has 1 atom stereocenters. The Morgan fingerprint density at radius 1 is 0.929 bits per heavy atom. The number of Topliss-reactive ketones (excluding diaryl/α,β-unsaturated/α-hetero) is 1. The number of benzene rings is 3. The van der Waals surface area contributed by atoms with Gasteiger partial charge < -0.3 is 4.74 Å². The molecule has 0 fully saturated rings. The quantitative estimate of drug-likeness (QED) is 0.451. The summed E-state index contributed by atoms with van der Waals surface area (Å²) in [5.74, 6) is 0.803. The maximum absolute atomic E-state index is 13.5. The first kappa shape index (κ1) is 20.3. The van der Waals surface area contributed by atoms with Gasteiger partial charge in [-0.15, -0.1) is 0 Å². The molecular formula is C25H25BrO2. The van der Waals surface area contributed by atoms with Crippen LogP contribution < -0.4 is 4.74 Å². The van der Waals surface area contributed by atoms with E-state index in [-0.39, 0.29) is 11.7 Å². The molecule has 3 aromatic rings. The summed E-state index contributed by atoms with van der Waals surface area (Å²) < 4.78 is 6.47. The van der Waals surface area contributed by atoms with E-state index in [4.69, 9.17) is 4.74 Å². The number of carbonyl (C=O) groups is 1. The van der Waals surface area contributed by atoms with Gasteiger partial charge in [-0.05, 0) is 66.3 Å². The van der Waals surface area contributed by atoms with Crippen molar-refractivity contribution in [3.05, 3.63) is 98.5 Å². The summed E-state index contributed by atoms with van der Waals surface area (Å²) in [5, 5.41) is 0. The lowest BCUT2D eigenvalue weighted by molar-refractivity contribution is -0.119. The topological polar surface area (TPSA) is 26.3 Å². The summed E-state index contributed by atoms with van der Waals surface area (Å²) in [4.78, 5) is 13.5. The first-order chi connectivity index (χ1) is 13.4. The first-order valence-electron chi connectivity index (χ1n) is 9.38. The van der Waals surface area contributed by atoms with Crippen LogP contribution in [0.1, 0.15) is 39.3 Å². The molecule has 0 aliphatic rings. The summed E-state index contributed by atoms with van der Waals surface area (Å²) in [6, 6.07) is 20.3. The Bertz CT molecular complexity index is 967. The first-order valence-corrected chi connectivity index (χ1v) is 10.2. The molecule has 0 aliphatic heterocycles. The molecule has 0 saturated carbocycles.